The van der Waals surface area contributed by atoms with Gasteiger partial charge in [0.1, 0.15) is 0 Å². The number of sulfonamides is 1. The summed E-state index contributed by atoms with van der Waals surface area (Å²) in [4.78, 5) is 25.5. The smallest absolute Gasteiger partial charge is 0.428 e. The van der Waals surface area contributed by atoms with Gasteiger partial charge >= 0.3 is 12.3 Å². The van der Waals surface area contributed by atoms with E-state index in [1.54, 1.807) is 30.3 Å². The fourth-order valence-corrected chi connectivity index (χ4v) is 4.92. The zero-order chi connectivity index (χ0) is 25.6. The molecular formula is C23H22F3N3O5S. The molecule has 0 bridgehead atoms. The fraction of sp³-hybridized carbons (Fsp3) is 0.348. The van der Waals surface area contributed by atoms with Crippen LogP contribution < -0.4 is 0 Å². The van der Waals surface area contributed by atoms with Crippen LogP contribution in [0.15, 0.2) is 59.5 Å². The number of Topliss-reactive ketones (excluding diaryl/α,β-unsaturated/α-hetero) is 1. The van der Waals surface area contributed by atoms with E-state index >= 15 is 0 Å². The number of carbonyl (C=O) groups is 2. The van der Waals surface area contributed by atoms with Gasteiger partial charge in [0.05, 0.1) is 16.5 Å². The number of benzene rings is 2. The lowest BCUT2D eigenvalue weighted by Crippen LogP contribution is -2.52. The van der Waals surface area contributed by atoms with Crippen LogP contribution in [0.25, 0.3) is 0 Å². The molecule has 0 aromatic heterocycles. The van der Waals surface area contributed by atoms with Gasteiger partial charge in [-0.3, -0.25) is 4.79 Å². The number of rotatable bonds is 7. The molecule has 1 atom stereocenters. The van der Waals surface area contributed by atoms with Crippen molar-refractivity contribution in [2.75, 3.05) is 26.2 Å². The van der Waals surface area contributed by atoms with Crippen LogP contribution in [0, 0.1) is 11.3 Å². The highest BCUT2D eigenvalue weighted by atomic mass is 32.2. The molecule has 1 aliphatic rings. The third-order valence-electron chi connectivity index (χ3n) is 5.43. The van der Waals surface area contributed by atoms with Gasteiger partial charge in [-0.1, -0.05) is 30.3 Å². The van der Waals surface area contributed by atoms with E-state index in [-0.39, 0.29) is 43.1 Å². The first-order valence-corrected chi connectivity index (χ1v) is 12.1. The van der Waals surface area contributed by atoms with E-state index in [4.69, 9.17) is 5.26 Å². The van der Waals surface area contributed by atoms with E-state index in [2.05, 4.69) is 4.74 Å². The van der Waals surface area contributed by atoms with Gasteiger partial charge < -0.3 is 9.64 Å². The van der Waals surface area contributed by atoms with Crippen molar-refractivity contribution in [1.29, 1.82) is 5.26 Å². The molecule has 2 aromatic rings. The van der Waals surface area contributed by atoms with Gasteiger partial charge in [-0.25, -0.2) is 13.2 Å². The summed E-state index contributed by atoms with van der Waals surface area (Å²) in [5.74, 6) is -1.27. The summed E-state index contributed by atoms with van der Waals surface area (Å²) in [6.07, 6.45) is -9.72. The number of nitriles is 1. The summed E-state index contributed by atoms with van der Waals surface area (Å²) in [5.41, 5.74) is 0.960. The largest absolute Gasteiger partial charge is 0.432 e. The Morgan fingerprint density at radius 1 is 1.00 bits per heavy atom. The van der Waals surface area contributed by atoms with Crippen LogP contribution in [0.5, 0.6) is 0 Å². The van der Waals surface area contributed by atoms with E-state index < -0.39 is 40.6 Å². The second-order valence-electron chi connectivity index (χ2n) is 7.78. The third kappa shape index (κ3) is 6.58. The first-order chi connectivity index (χ1) is 16.5. The maximum atomic E-state index is 13.5. The molecule has 186 valence electrons. The quantitative estimate of drug-likeness (QED) is 0.568. The minimum Gasteiger partial charge on any atom is -0.428 e. The number of carbonyl (C=O) groups excluding carboxylic acids is 2. The normalized spacial score (nSPS) is 15.8. The van der Waals surface area contributed by atoms with Gasteiger partial charge in [0.15, 0.2) is 5.78 Å². The van der Waals surface area contributed by atoms with E-state index in [1.807, 2.05) is 6.07 Å². The molecule has 3 rings (SSSR count). The van der Waals surface area contributed by atoms with E-state index in [0.29, 0.717) is 5.56 Å². The molecule has 1 saturated heterocycles. The molecule has 1 aliphatic heterocycles. The number of nitrogens with zero attached hydrogens (tertiary/aromatic N) is 3. The molecule has 0 saturated carbocycles. The molecule has 1 amide bonds. The van der Waals surface area contributed by atoms with Gasteiger partial charge in [0.2, 0.25) is 10.0 Å². The number of ether oxygens (including phenoxy) is 1. The molecule has 0 spiro atoms. The number of alkyl halides is 3. The standard InChI is InChI=1S/C23H22F3N3O5S/c24-23(25,26)21(20(30)11-8-17-4-2-1-3-5-17)34-22(31)28-12-14-29(15-13-28)35(32,33)19-9-6-18(16-27)7-10-19/h1-7,9-10,21H,8,11-15H2. The molecular weight excluding hydrogens is 487 g/mol. The minimum atomic E-state index is -5.08. The number of aryl methyl sites for hydroxylation is 1. The van der Waals surface area contributed by atoms with E-state index in [9.17, 15) is 31.2 Å². The maximum Gasteiger partial charge on any atom is 0.432 e. The molecule has 0 radical (unpaired) electrons. The number of amides is 1. The lowest BCUT2D eigenvalue weighted by molar-refractivity contribution is -0.205. The van der Waals surface area contributed by atoms with Crippen molar-refractivity contribution >= 4 is 21.9 Å². The Labute approximate surface area is 200 Å². The molecule has 1 fully saturated rings. The zero-order valence-corrected chi connectivity index (χ0v) is 19.3. The molecule has 1 heterocycles. The molecule has 35 heavy (non-hydrogen) atoms. The van der Waals surface area contributed by atoms with Crippen molar-refractivity contribution in [3.05, 3.63) is 65.7 Å². The first-order valence-electron chi connectivity index (χ1n) is 10.6. The van der Waals surface area contributed by atoms with Gasteiger partial charge in [-0.05, 0) is 36.2 Å². The SMILES string of the molecule is N#Cc1ccc(S(=O)(=O)N2CCN(C(=O)OC(C(=O)CCc3ccccc3)C(F)(F)F)CC2)cc1. The molecule has 1 unspecified atom stereocenters. The molecule has 2 aromatic carbocycles. The van der Waals surface area contributed by atoms with Crippen LogP contribution in [0.4, 0.5) is 18.0 Å². The van der Waals surface area contributed by atoms with Gasteiger partial charge in [-0.2, -0.15) is 22.7 Å². The van der Waals surface area contributed by atoms with Crippen molar-refractivity contribution < 1.29 is 35.9 Å². The summed E-state index contributed by atoms with van der Waals surface area (Å²) < 4.78 is 71.5. The molecule has 8 nitrogen and oxygen atoms in total. The van der Waals surface area contributed by atoms with Crippen LogP contribution in [0.3, 0.4) is 0 Å². The summed E-state index contributed by atoms with van der Waals surface area (Å²) in [7, 11) is -3.92. The summed E-state index contributed by atoms with van der Waals surface area (Å²) in [5, 5.41) is 8.84. The Kier molecular flexibility index (Phi) is 8.14. The average molecular weight is 510 g/mol. The highest BCUT2D eigenvalue weighted by Gasteiger charge is 2.48. The second kappa shape index (κ2) is 10.9. The fourth-order valence-electron chi connectivity index (χ4n) is 3.50. The van der Waals surface area contributed by atoms with E-state index in [0.717, 1.165) is 9.21 Å². The lowest BCUT2D eigenvalue weighted by Gasteiger charge is -2.34. The predicted octanol–water partition coefficient (Wildman–Crippen LogP) is 3.13. The van der Waals surface area contributed by atoms with Crippen molar-refractivity contribution in [3.63, 3.8) is 0 Å². The third-order valence-corrected chi connectivity index (χ3v) is 7.34. The van der Waals surface area contributed by atoms with Crippen molar-refractivity contribution in [2.24, 2.45) is 0 Å². The highest BCUT2D eigenvalue weighted by molar-refractivity contribution is 7.89. The van der Waals surface area contributed by atoms with Crippen LogP contribution in [-0.4, -0.2) is 68.0 Å². The van der Waals surface area contributed by atoms with E-state index in [1.165, 1.54) is 24.3 Å². The summed E-state index contributed by atoms with van der Waals surface area (Å²) in [6.45, 7) is -0.763. The van der Waals surface area contributed by atoms with Crippen molar-refractivity contribution in [3.8, 4) is 6.07 Å². The lowest BCUT2D eigenvalue weighted by atomic mass is 10.0. The number of halogens is 3. The Morgan fingerprint density at radius 3 is 2.14 bits per heavy atom. The second-order valence-corrected chi connectivity index (χ2v) is 9.72. The average Bonchev–Trinajstić information content (AvgIpc) is 2.85. The number of hydrogen-bond donors (Lipinski definition) is 0. The molecule has 0 aliphatic carbocycles. The minimum absolute atomic E-state index is 0.0475. The van der Waals surface area contributed by atoms with Gasteiger partial charge in [0.25, 0.3) is 6.10 Å². The van der Waals surface area contributed by atoms with Crippen molar-refractivity contribution in [1.82, 2.24) is 9.21 Å². The Morgan fingerprint density at radius 2 is 1.60 bits per heavy atom. The number of hydrogen-bond acceptors (Lipinski definition) is 6. The Bertz CT molecular complexity index is 1190. The van der Waals surface area contributed by atoms with Crippen molar-refractivity contribution in [2.45, 2.75) is 30.0 Å². The first kappa shape index (κ1) is 26.2. The zero-order valence-electron chi connectivity index (χ0n) is 18.4. The maximum absolute atomic E-state index is 13.5. The monoisotopic (exact) mass is 509 g/mol. The highest BCUT2D eigenvalue weighted by Crippen LogP contribution is 2.26. The Balaban J connectivity index is 1.59. The molecule has 12 heteroatoms. The molecule has 0 N–H and O–H groups in total. The predicted molar refractivity (Wildman–Crippen MR) is 118 cm³/mol. The van der Waals surface area contributed by atoms with Crippen LogP contribution in [0.1, 0.15) is 17.5 Å². The number of ketones is 1. The van der Waals surface area contributed by atoms with Crippen LogP contribution >= 0.6 is 0 Å². The Hall–Kier alpha value is -3.43. The summed E-state index contributed by atoms with van der Waals surface area (Å²) in [6, 6.07) is 15.6. The summed E-state index contributed by atoms with van der Waals surface area (Å²) >= 11 is 0. The van der Waals surface area contributed by atoms with Crippen LogP contribution in [0.2, 0.25) is 0 Å². The van der Waals surface area contributed by atoms with Crippen LogP contribution in [-0.2, 0) is 26.0 Å². The topological polar surface area (TPSA) is 108 Å². The number of piperazine rings is 1. The van der Waals surface area contributed by atoms with Gasteiger partial charge in [0, 0.05) is 32.6 Å². The van der Waals surface area contributed by atoms with Gasteiger partial charge in [-0.15, -0.1) is 0 Å².